The highest BCUT2D eigenvalue weighted by Gasteiger charge is 2.38. The third kappa shape index (κ3) is 7.85. The van der Waals surface area contributed by atoms with Crippen LogP contribution in [0.4, 0.5) is 10.5 Å². The van der Waals surface area contributed by atoms with Gasteiger partial charge in [0.2, 0.25) is 0 Å². The van der Waals surface area contributed by atoms with Gasteiger partial charge in [0.1, 0.15) is 17.7 Å². The third-order valence-electron chi connectivity index (χ3n) is 6.17. The van der Waals surface area contributed by atoms with Crippen molar-refractivity contribution in [1.82, 2.24) is 10.2 Å². The molecule has 0 radical (unpaired) electrons. The summed E-state index contributed by atoms with van der Waals surface area (Å²) in [6.07, 6.45) is 5.77. The van der Waals surface area contributed by atoms with Crippen LogP contribution in [-0.2, 0) is 14.3 Å². The van der Waals surface area contributed by atoms with Gasteiger partial charge >= 0.3 is 6.09 Å². The van der Waals surface area contributed by atoms with Crippen LogP contribution in [0.1, 0.15) is 69.3 Å². The number of hydrogen-bond donors (Lipinski definition) is 2. The molecule has 0 aliphatic heterocycles. The van der Waals surface area contributed by atoms with Crippen molar-refractivity contribution in [3.05, 3.63) is 64.7 Å². The van der Waals surface area contributed by atoms with Crippen LogP contribution < -0.4 is 10.6 Å². The molecule has 3 unspecified atom stereocenters. The molecule has 3 atom stereocenters. The van der Waals surface area contributed by atoms with Gasteiger partial charge in [-0.2, -0.15) is 0 Å². The van der Waals surface area contributed by atoms with Gasteiger partial charge < -0.3 is 15.4 Å². The number of benzene rings is 2. The van der Waals surface area contributed by atoms with E-state index in [1.165, 1.54) is 0 Å². The molecule has 3 amide bonds. The average molecular weight is 506 g/mol. The second-order valence-corrected chi connectivity index (χ2v) is 10.4. The molecule has 2 aromatic carbocycles. The number of carbonyl (C=O) groups excluding carboxylic acids is 3. The van der Waals surface area contributed by atoms with Crippen LogP contribution in [0.25, 0.3) is 0 Å². The molecule has 0 fully saturated rings. The van der Waals surface area contributed by atoms with Crippen molar-refractivity contribution in [3.8, 4) is 12.5 Å². The monoisotopic (exact) mass is 505 g/mol. The molecule has 198 valence electrons. The number of amides is 3. The molecular weight excluding hydrogens is 466 g/mol. The lowest BCUT2D eigenvalue weighted by molar-refractivity contribution is -0.137. The van der Waals surface area contributed by atoms with E-state index in [-0.39, 0.29) is 5.92 Å². The van der Waals surface area contributed by atoms with Gasteiger partial charge in [-0.15, -0.1) is 0 Å². The fraction of sp³-hybridized carbons (Fsp3) is 0.433. The number of hydrogen-bond acceptors (Lipinski definition) is 4. The molecule has 2 N–H and O–H groups in total. The van der Waals surface area contributed by atoms with Gasteiger partial charge in [-0.25, -0.2) is 4.79 Å². The number of terminal acetylenes is 1. The predicted molar refractivity (Wildman–Crippen MR) is 147 cm³/mol. The lowest BCUT2D eigenvalue weighted by atomic mass is 9.94. The van der Waals surface area contributed by atoms with Crippen LogP contribution in [0.5, 0.6) is 0 Å². The summed E-state index contributed by atoms with van der Waals surface area (Å²) >= 11 is 0. The normalized spacial score (nSPS) is 13.5. The molecule has 2 aromatic rings. The molecule has 0 saturated carbocycles. The third-order valence-corrected chi connectivity index (χ3v) is 6.17. The van der Waals surface area contributed by atoms with E-state index in [4.69, 9.17) is 11.2 Å². The van der Waals surface area contributed by atoms with Crippen molar-refractivity contribution in [1.29, 1.82) is 0 Å². The first-order chi connectivity index (χ1) is 17.3. The minimum absolute atomic E-state index is 0.269. The number of anilines is 1. The Hall–Kier alpha value is -3.79. The summed E-state index contributed by atoms with van der Waals surface area (Å²) in [6, 6.07) is 13.4. The van der Waals surface area contributed by atoms with E-state index >= 15 is 0 Å². The van der Waals surface area contributed by atoms with Crippen LogP contribution in [0.2, 0.25) is 0 Å². The molecule has 37 heavy (non-hydrogen) atoms. The van der Waals surface area contributed by atoms with E-state index in [1.54, 1.807) is 26.8 Å². The van der Waals surface area contributed by atoms with E-state index < -0.39 is 35.6 Å². The lowest BCUT2D eigenvalue weighted by Crippen LogP contribution is -2.53. The fourth-order valence-electron chi connectivity index (χ4n) is 3.90. The Morgan fingerprint density at radius 2 is 1.70 bits per heavy atom. The molecular formula is C30H39N3O4. The summed E-state index contributed by atoms with van der Waals surface area (Å²) in [6.45, 7) is 14.6. The van der Waals surface area contributed by atoms with Crippen molar-refractivity contribution in [2.75, 3.05) is 5.32 Å². The molecule has 0 heterocycles. The smallest absolute Gasteiger partial charge is 0.408 e. The number of alkyl carbamates (subject to hydrolysis) is 1. The topological polar surface area (TPSA) is 87.7 Å². The summed E-state index contributed by atoms with van der Waals surface area (Å²) in [5.41, 5.74) is 3.09. The zero-order valence-electron chi connectivity index (χ0n) is 23.1. The zero-order chi connectivity index (χ0) is 27.9. The van der Waals surface area contributed by atoms with Crippen molar-refractivity contribution >= 4 is 23.6 Å². The Bertz CT molecular complexity index is 1180. The van der Waals surface area contributed by atoms with Gasteiger partial charge in [0.25, 0.3) is 11.8 Å². The van der Waals surface area contributed by atoms with Gasteiger partial charge in [0.05, 0.1) is 0 Å². The van der Waals surface area contributed by atoms with Gasteiger partial charge in [0.15, 0.2) is 0 Å². The van der Waals surface area contributed by atoms with Gasteiger partial charge in [-0.1, -0.05) is 68.7 Å². The number of rotatable bonds is 8. The number of nitrogens with one attached hydrogen (secondary N) is 2. The van der Waals surface area contributed by atoms with Crippen molar-refractivity contribution < 1.29 is 19.1 Å². The quantitative estimate of drug-likeness (QED) is 0.358. The number of para-hydroxylation sites is 1. The van der Waals surface area contributed by atoms with Crippen LogP contribution in [-0.4, -0.2) is 34.5 Å². The largest absolute Gasteiger partial charge is 0.444 e. The first-order valence-corrected chi connectivity index (χ1v) is 12.5. The molecule has 0 aromatic heterocycles. The second-order valence-electron chi connectivity index (χ2n) is 10.4. The highest BCUT2D eigenvalue weighted by molar-refractivity contribution is 6.00. The maximum absolute atomic E-state index is 13.9. The summed E-state index contributed by atoms with van der Waals surface area (Å²) in [4.78, 5) is 41.4. The highest BCUT2D eigenvalue weighted by atomic mass is 16.6. The molecule has 0 bridgehead atoms. The molecule has 0 saturated heterocycles. The number of aryl methyl sites for hydroxylation is 3. The van der Waals surface area contributed by atoms with Crippen LogP contribution >= 0.6 is 0 Å². The van der Waals surface area contributed by atoms with E-state index in [0.29, 0.717) is 17.7 Å². The maximum Gasteiger partial charge on any atom is 0.408 e. The summed E-state index contributed by atoms with van der Waals surface area (Å²) in [5.74, 6) is -1.28. The lowest BCUT2D eigenvalue weighted by Gasteiger charge is -2.33. The molecule has 0 aliphatic carbocycles. The van der Waals surface area contributed by atoms with E-state index in [1.807, 2.05) is 71.0 Å². The minimum atomic E-state index is -1.12. The van der Waals surface area contributed by atoms with Crippen LogP contribution in [0.15, 0.2) is 42.5 Å². The number of carbonyl (C=O) groups is 3. The Balaban J connectivity index is 2.55. The van der Waals surface area contributed by atoms with Crippen molar-refractivity contribution in [2.24, 2.45) is 5.92 Å². The van der Waals surface area contributed by atoms with E-state index in [9.17, 15) is 14.4 Å². The van der Waals surface area contributed by atoms with Crippen LogP contribution in [0, 0.1) is 39.2 Å². The standard InChI is InChI=1S/C30H39N3O4/c1-10-20(4)25(32-29(36)37-30(7,8)9)28(35)33(11-2)26(23-18-19(3)16-17-21(23)5)27(34)31-24-15-13-12-14-22(24)6/h2,12-18,20,25-26H,10H2,1,3-9H3,(H,31,34)(H,32,36). The van der Waals surface area contributed by atoms with E-state index in [2.05, 4.69) is 16.7 Å². The average Bonchev–Trinajstić information content (AvgIpc) is 2.82. The van der Waals surface area contributed by atoms with Gasteiger partial charge in [0, 0.05) is 11.7 Å². The summed E-state index contributed by atoms with van der Waals surface area (Å²) in [7, 11) is 0. The highest BCUT2D eigenvalue weighted by Crippen LogP contribution is 2.29. The first-order valence-electron chi connectivity index (χ1n) is 12.5. The molecule has 7 heteroatoms. The first kappa shape index (κ1) is 29.4. The Morgan fingerprint density at radius 3 is 2.27 bits per heavy atom. The van der Waals surface area contributed by atoms with Crippen molar-refractivity contribution in [2.45, 2.75) is 79.5 Å². The number of ether oxygens (including phenoxy) is 1. The van der Waals surface area contributed by atoms with Gasteiger partial charge in [-0.05, 0) is 70.2 Å². The summed E-state index contributed by atoms with van der Waals surface area (Å²) in [5, 5.41) is 5.63. The van der Waals surface area contributed by atoms with Crippen molar-refractivity contribution in [3.63, 3.8) is 0 Å². The van der Waals surface area contributed by atoms with Crippen LogP contribution in [0.3, 0.4) is 0 Å². The predicted octanol–water partition coefficient (Wildman–Crippen LogP) is 5.65. The Kier molecular flexibility index (Phi) is 9.90. The Labute approximate surface area is 221 Å². The molecule has 0 spiro atoms. The maximum atomic E-state index is 13.9. The summed E-state index contributed by atoms with van der Waals surface area (Å²) < 4.78 is 5.39. The molecule has 7 nitrogen and oxygen atoms in total. The number of nitrogens with zero attached hydrogens (tertiary/aromatic N) is 1. The van der Waals surface area contributed by atoms with Gasteiger partial charge in [-0.3, -0.25) is 14.5 Å². The SMILES string of the molecule is C#CN(C(=O)C(NC(=O)OC(C)(C)C)C(C)CC)C(C(=O)Nc1ccccc1C)c1cc(C)ccc1C. The molecule has 2 rings (SSSR count). The minimum Gasteiger partial charge on any atom is -0.444 e. The van der Waals surface area contributed by atoms with E-state index in [0.717, 1.165) is 21.6 Å². The zero-order valence-corrected chi connectivity index (χ0v) is 23.1. The molecule has 0 aliphatic rings. The second kappa shape index (κ2) is 12.4. The fourth-order valence-corrected chi connectivity index (χ4v) is 3.90. The Morgan fingerprint density at radius 1 is 1.05 bits per heavy atom.